The van der Waals surface area contributed by atoms with Gasteiger partial charge < -0.3 is 19.3 Å². The number of hydrogen-bond acceptors (Lipinski definition) is 5. The predicted molar refractivity (Wildman–Crippen MR) is 114 cm³/mol. The Hall–Kier alpha value is -3.54. The molecule has 1 aromatic heterocycles. The number of aromatic nitrogens is 1. The average molecular weight is 407 g/mol. The molecule has 0 bridgehead atoms. The molecule has 0 saturated carbocycles. The number of hydrogen-bond donors (Lipinski definition) is 1. The van der Waals surface area contributed by atoms with Gasteiger partial charge in [0.1, 0.15) is 23.9 Å². The highest BCUT2D eigenvalue weighted by Gasteiger charge is 2.17. The van der Waals surface area contributed by atoms with Crippen LogP contribution in [-0.2, 0) is 6.61 Å². The molecule has 0 fully saturated rings. The highest BCUT2D eigenvalue weighted by molar-refractivity contribution is 5.89. The SMILES string of the molecule is COc1ccc(-c2ccc(C(=O)O)c(COc3ccc(C)cc3)n2)c(OC(C)C)c1. The number of ether oxygens (including phenoxy) is 3. The third-order valence-electron chi connectivity index (χ3n) is 4.43. The zero-order chi connectivity index (χ0) is 21.7. The standard InChI is InChI=1S/C24H25NO5/c1-15(2)30-23-13-18(28-4)9-10-19(23)21-12-11-20(24(26)27)22(25-21)14-29-17-7-5-16(3)6-8-17/h5-13,15H,14H2,1-4H3,(H,26,27). The highest BCUT2D eigenvalue weighted by atomic mass is 16.5. The number of benzene rings is 2. The summed E-state index contributed by atoms with van der Waals surface area (Å²) in [5, 5.41) is 9.57. The Morgan fingerprint density at radius 2 is 1.73 bits per heavy atom. The molecule has 3 rings (SSSR count). The molecule has 0 unspecified atom stereocenters. The van der Waals surface area contributed by atoms with Crippen LogP contribution in [0.15, 0.2) is 54.6 Å². The number of carboxylic acid groups (broad SMARTS) is 1. The van der Waals surface area contributed by atoms with Crippen molar-refractivity contribution in [2.24, 2.45) is 0 Å². The van der Waals surface area contributed by atoms with Crippen molar-refractivity contribution in [1.29, 1.82) is 0 Å². The largest absolute Gasteiger partial charge is 0.497 e. The first-order valence-corrected chi connectivity index (χ1v) is 9.65. The van der Waals surface area contributed by atoms with Crippen molar-refractivity contribution >= 4 is 5.97 Å². The Bertz CT molecular complexity index is 1030. The molecule has 30 heavy (non-hydrogen) atoms. The molecule has 0 aliphatic carbocycles. The van der Waals surface area contributed by atoms with Crippen molar-refractivity contribution in [3.63, 3.8) is 0 Å². The number of methoxy groups -OCH3 is 1. The molecular formula is C24H25NO5. The fourth-order valence-corrected chi connectivity index (χ4v) is 2.93. The van der Waals surface area contributed by atoms with Crippen LogP contribution in [0.25, 0.3) is 11.3 Å². The highest BCUT2D eigenvalue weighted by Crippen LogP contribution is 2.34. The molecule has 0 aliphatic heterocycles. The second-order valence-electron chi connectivity index (χ2n) is 7.13. The topological polar surface area (TPSA) is 77.9 Å². The number of pyridine rings is 1. The van der Waals surface area contributed by atoms with E-state index in [2.05, 4.69) is 4.98 Å². The zero-order valence-corrected chi connectivity index (χ0v) is 17.5. The maximum Gasteiger partial charge on any atom is 0.337 e. The van der Waals surface area contributed by atoms with Gasteiger partial charge in [-0.25, -0.2) is 9.78 Å². The van der Waals surface area contributed by atoms with Crippen LogP contribution in [0.2, 0.25) is 0 Å². The van der Waals surface area contributed by atoms with Gasteiger partial charge in [-0.1, -0.05) is 17.7 Å². The van der Waals surface area contributed by atoms with E-state index in [1.165, 1.54) is 0 Å². The fraction of sp³-hybridized carbons (Fsp3) is 0.250. The third kappa shape index (κ3) is 5.08. The van der Waals surface area contributed by atoms with E-state index in [1.54, 1.807) is 25.3 Å². The summed E-state index contributed by atoms with van der Waals surface area (Å²) >= 11 is 0. The summed E-state index contributed by atoms with van der Waals surface area (Å²) in [6.45, 7) is 5.90. The second-order valence-corrected chi connectivity index (χ2v) is 7.13. The smallest absolute Gasteiger partial charge is 0.337 e. The van der Waals surface area contributed by atoms with E-state index in [9.17, 15) is 9.90 Å². The van der Waals surface area contributed by atoms with Crippen molar-refractivity contribution in [1.82, 2.24) is 4.98 Å². The molecule has 0 aliphatic rings. The molecule has 6 nitrogen and oxygen atoms in total. The normalized spacial score (nSPS) is 10.7. The first-order chi connectivity index (χ1) is 14.4. The minimum atomic E-state index is -1.05. The van der Waals surface area contributed by atoms with E-state index in [4.69, 9.17) is 14.2 Å². The minimum absolute atomic E-state index is 0.0368. The van der Waals surface area contributed by atoms with E-state index in [-0.39, 0.29) is 18.3 Å². The van der Waals surface area contributed by atoms with Gasteiger partial charge in [0.2, 0.25) is 0 Å². The lowest BCUT2D eigenvalue weighted by molar-refractivity contribution is 0.0693. The Balaban J connectivity index is 1.97. The zero-order valence-electron chi connectivity index (χ0n) is 17.5. The molecule has 0 radical (unpaired) electrons. The number of carboxylic acids is 1. The van der Waals surface area contributed by atoms with Crippen molar-refractivity contribution in [2.75, 3.05) is 7.11 Å². The van der Waals surface area contributed by atoms with Gasteiger partial charge in [0, 0.05) is 11.6 Å². The lowest BCUT2D eigenvalue weighted by atomic mass is 10.1. The summed E-state index contributed by atoms with van der Waals surface area (Å²) in [6, 6.07) is 16.2. The van der Waals surface area contributed by atoms with Gasteiger partial charge in [0.25, 0.3) is 0 Å². The van der Waals surface area contributed by atoms with Gasteiger partial charge in [0.05, 0.1) is 30.2 Å². The minimum Gasteiger partial charge on any atom is -0.497 e. The lowest BCUT2D eigenvalue weighted by Gasteiger charge is -2.16. The monoisotopic (exact) mass is 407 g/mol. The van der Waals surface area contributed by atoms with Gasteiger partial charge in [-0.15, -0.1) is 0 Å². The van der Waals surface area contributed by atoms with Crippen molar-refractivity contribution in [3.8, 4) is 28.5 Å². The van der Waals surface area contributed by atoms with Crippen LogP contribution < -0.4 is 14.2 Å². The molecule has 6 heteroatoms. The van der Waals surface area contributed by atoms with E-state index in [0.717, 1.165) is 11.1 Å². The average Bonchev–Trinajstić information content (AvgIpc) is 2.72. The summed E-state index contributed by atoms with van der Waals surface area (Å²) < 4.78 is 17.0. The van der Waals surface area contributed by atoms with Crippen LogP contribution in [0.4, 0.5) is 0 Å². The van der Waals surface area contributed by atoms with Crippen LogP contribution in [0, 0.1) is 6.92 Å². The van der Waals surface area contributed by atoms with Gasteiger partial charge >= 0.3 is 5.97 Å². The van der Waals surface area contributed by atoms with Gasteiger partial charge in [-0.2, -0.15) is 0 Å². The predicted octanol–water partition coefficient (Wildman–Crippen LogP) is 5.13. The maximum atomic E-state index is 11.7. The third-order valence-corrected chi connectivity index (χ3v) is 4.43. The summed E-state index contributed by atoms with van der Waals surface area (Å²) in [4.78, 5) is 16.3. The number of carbonyl (C=O) groups is 1. The maximum absolute atomic E-state index is 11.7. The molecule has 2 aromatic carbocycles. The summed E-state index contributed by atoms with van der Waals surface area (Å²) in [5.41, 5.74) is 2.90. The van der Waals surface area contributed by atoms with Crippen LogP contribution in [0.1, 0.15) is 35.5 Å². The van der Waals surface area contributed by atoms with Crippen molar-refractivity contribution in [2.45, 2.75) is 33.5 Å². The molecule has 0 spiro atoms. The van der Waals surface area contributed by atoms with Crippen LogP contribution in [0.5, 0.6) is 17.2 Å². The Morgan fingerprint density at radius 1 is 1.03 bits per heavy atom. The fourth-order valence-electron chi connectivity index (χ4n) is 2.93. The van der Waals surface area contributed by atoms with E-state index in [0.29, 0.717) is 28.6 Å². The number of aryl methyl sites for hydroxylation is 1. The molecular weight excluding hydrogens is 382 g/mol. The van der Waals surface area contributed by atoms with E-state index >= 15 is 0 Å². The molecule has 1 heterocycles. The van der Waals surface area contributed by atoms with Crippen LogP contribution >= 0.6 is 0 Å². The quantitative estimate of drug-likeness (QED) is 0.558. The summed E-state index contributed by atoms with van der Waals surface area (Å²) in [5.74, 6) is 0.882. The van der Waals surface area contributed by atoms with Crippen molar-refractivity contribution < 1.29 is 24.1 Å². The van der Waals surface area contributed by atoms with Crippen LogP contribution in [0.3, 0.4) is 0 Å². The summed E-state index contributed by atoms with van der Waals surface area (Å²) in [7, 11) is 1.59. The van der Waals surface area contributed by atoms with Crippen molar-refractivity contribution in [3.05, 3.63) is 71.4 Å². The second kappa shape index (κ2) is 9.31. The van der Waals surface area contributed by atoms with Gasteiger partial charge in [-0.05, 0) is 57.2 Å². The van der Waals surface area contributed by atoms with E-state index < -0.39 is 5.97 Å². The molecule has 3 aromatic rings. The lowest BCUT2D eigenvalue weighted by Crippen LogP contribution is -2.10. The Morgan fingerprint density at radius 3 is 2.37 bits per heavy atom. The number of nitrogens with zero attached hydrogens (tertiary/aromatic N) is 1. The molecule has 156 valence electrons. The molecule has 1 N–H and O–H groups in total. The first-order valence-electron chi connectivity index (χ1n) is 9.65. The Labute approximate surface area is 176 Å². The van der Waals surface area contributed by atoms with Gasteiger partial charge in [0.15, 0.2) is 0 Å². The van der Waals surface area contributed by atoms with E-state index in [1.807, 2.05) is 57.2 Å². The molecule has 0 amide bonds. The van der Waals surface area contributed by atoms with Gasteiger partial charge in [-0.3, -0.25) is 0 Å². The summed E-state index contributed by atoms with van der Waals surface area (Å²) in [6.07, 6.45) is -0.0431. The number of aromatic carboxylic acids is 1. The Kier molecular flexibility index (Phi) is 6.57. The van der Waals surface area contributed by atoms with Crippen LogP contribution in [-0.4, -0.2) is 29.3 Å². The molecule has 0 atom stereocenters. The number of rotatable bonds is 8. The molecule has 0 saturated heterocycles. The first kappa shape index (κ1) is 21.2.